The fourth-order valence-electron chi connectivity index (χ4n) is 3.16. The van der Waals surface area contributed by atoms with Crippen LogP contribution in [0, 0.1) is 10.1 Å². The number of hydrogen-bond acceptors (Lipinski definition) is 7. The van der Waals surface area contributed by atoms with Crippen LogP contribution in [0.15, 0.2) is 57.9 Å². The molecule has 0 bridgehead atoms. The summed E-state index contributed by atoms with van der Waals surface area (Å²) < 4.78 is 11.0. The van der Waals surface area contributed by atoms with Crippen LogP contribution < -0.4 is 4.74 Å². The SMILES string of the molecule is COc1cc([N+](=O)[O-])ccc1-c1ccc(/C=C2/SC(=O)N(Cc3ccc(Cl)cc3Cl)C2=O)o1. The number of imide groups is 1. The summed E-state index contributed by atoms with van der Waals surface area (Å²) in [6.45, 7) is 0.0153. The second-order valence-electron chi connectivity index (χ2n) is 6.85. The Morgan fingerprint density at radius 1 is 1.15 bits per heavy atom. The van der Waals surface area contributed by atoms with Crippen molar-refractivity contribution in [1.82, 2.24) is 4.90 Å². The molecule has 1 saturated heterocycles. The average molecular weight is 505 g/mol. The Hall–Kier alpha value is -3.27. The third-order valence-corrected chi connectivity index (χ3v) is 6.27. The summed E-state index contributed by atoms with van der Waals surface area (Å²) in [7, 11) is 1.40. The number of non-ortho nitro benzene ring substituents is 1. The van der Waals surface area contributed by atoms with E-state index in [1.54, 1.807) is 30.3 Å². The third kappa shape index (κ3) is 4.75. The molecule has 1 aliphatic heterocycles. The summed E-state index contributed by atoms with van der Waals surface area (Å²) in [6.07, 6.45) is 1.47. The van der Waals surface area contributed by atoms with Crippen molar-refractivity contribution >= 4 is 57.9 Å². The Morgan fingerprint density at radius 2 is 1.94 bits per heavy atom. The Morgan fingerprint density at radius 3 is 2.64 bits per heavy atom. The van der Waals surface area contributed by atoms with E-state index in [4.69, 9.17) is 32.4 Å². The molecule has 2 aromatic carbocycles. The monoisotopic (exact) mass is 504 g/mol. The molecule has 0 spiro atoms. The number of halogens is 2. The molecule has 2 heterocycles. The van der Waals surface area contributed by atoms with Crippen molar-refractivity contribution in [2.75, 3.05) is 7.11 Å². The molecule has 0 N–H and O–H groups in total. The topological polar surface area (TPSA) is 103 Å². The molecule has 2 amide bonds. The molecule has 168 valence electrons. The van der Waals surface area contributed by atoms with Gasteiger partial charge in [0.2, 0.25) is 0 Å². The smallest absolute Gasteiger partial charge is 0.293 e. The molecule has 4 rings (SSSR count). The molecule has 1 aliphatic rings. The number of nitro groups is 1. The Labute approximate surface area is 201 Å². The number of carbonyl (C=O) groups excluding carboxylic acids is 2. The number of nitro benzene ring substituents is 1. The summed E-state index contributed by atoms with van der Waals surface area (Å²) in [5.41, 5.74) is 0.986. The lowest BCUT2D eigenvalue weighted by Crippen LogP contribution is -2.27. The number of ether oxygens (including phenoxy) is 1. The summed E-state index contributed by atoms with van der Waals surface area (Å²) >= 11 is 12.9. The molecule has 33 heavy (non-hydrogen) atoms. The van der Waals surface area contributed by atoms with Crippen LogP contribution in [0.1, 0.15) is 11.3 Å². The number of amides is 2. The van der Waals surface area contributed by atoms with Crippen molar-refractivity contribution in [2.45, 2.75) is 6.54 Å². The van der Waals surface area contributed by atoms with Crippen molar-refractivity contribution in [3.63, 3.8) is 0 Å². The maximum Gasteiger partial charge on any atom is 0.293 e. The van der Waals surface area contributed by atoms with Crippen molar-refractivity contribution in [3.05, 3.63) is 84.9 Å². The van der Waals surface area contributed by atoms with Crippen LogP contribution in [0.2, 0.25) is 10.0 Å². The molecule has 1 fully saturated rings. The van der Waals surface area contributed by atoms with Crippen LogP contribution in [-0.4, -0.2) is 28.1 Å². The van der Waals surface area contributed by atoms with Gasteiger partial charge in [0.15, 0.2) is 0 Å². The van der Waals surface area contributed by atoms with E-state index in [0.717, 1.165) is 16.7 Å². The van der Waals surface area contributed by atoms with Gasteiger partial charge in [0.25, 0.3) is 16.8 Å². The average Bonchev–Trinajstić information content (AvgIpc) is 3.35. The van der Waals surface area contributed by atoms with Gasteiger partial charge >= 0.3 is 0 Å². The third-order valence-electron chi connectivity index (χ3n) is 4.78. The van der Waals surface area contributed by atoms with Gasteiger partial charge < -0.3 is 9.15 Å². The maximum absolute atomic E-state index is 12.8. The van der Waals surface area contributed by atoms with E-state index in [1.807, 2.05) is 0 Å². The molecule has 0 radical (unpaired) electrons. The standard InChI is InChI=1S/C22H14Cl2N2O6S/c1-31-19-9-14(26(29)30)4-6-16(19)18-7-5-15(32-18)10-20-21(27)25(22(28)33-20)11-12-2-3-13(23)8-17(12)24/h2-10H,11H2,1H3/b20-10+. The summed E-state index contributed by atoms with van der Waals surface area (Å²) in [6, 6.07) is 12.3. The van der Waals surface area contributed by atoms with Gasteiger partial charge in [-0.25, -0.2) is 0 Å². The minimum atomic E-state index is -0.521. The van der Waals surface area contributed by atoms with Crippen molar-refractivity contribution in [2.24, 2.45) is 0 Å². The fraction of sp³-hybridized carbons (Fsp3) is 0.0909. The van der Waals surface area contributed by atoms with E-state index in [9.17, 15) is 19.7 Å². The lowest BCUT2D eigenvalue weighted by Gasteiger charge is -2.13. The van der Waals surface area contributed by atoms with E-state index >= 15 is 0 Å². The Balaban J connectivity index is 1.57. The number of benzene rings is 2. The van der Waals surface area contributed by atoms with Crippen LogP contribution >= 0.6 is 35.0 Å². The number of nitrogens with zero attached hydrogens (tertiary/aromatic N) is 2. The van der Waals surface area contributed by atoms with E-state index in [0.29, 0.717) is 32.7 Å². The van der Waals surface area contributed by atoms with Gasteiger partial charge in [0, 0.05) is 22.2 Å². The fourth-order valence-corrected chi connectivity index (χ4v) is 4.44. The molecule has 11 heteroatoms. The zero-order chi connectivity index (χ0) is 23.7. The van der Waals surface area contributed by atoms with Crippen LogP contribution in [0.25, 0.3) is 17.4 Å². The Kier molecular flexibility index (Phi) is 6.46. The first-order chi connectivity index (χ1) is 15.8. The number of carbonyl (C=O) groups is 2. The minimum absolute atomic E-state index is 0.0153. The molecule has 1 aromatic heterocycles. The van der Waals surface area contributed by atoms with Gasteiger partial charge in [-0.05, 0) is 47.7 Å². The van der Waals surface area contributed by atoms with Crippen molar-refractivity contribution in [3.8, 4) is 17.1 Å². The lowest BCUT2D eigenvalue weighted by atomic mass is 10.1. The lowest BCUT2D eigenvalue weighted by molar-refractivity contribution is -0.384. The predicted octanol–water partition coefficient (Wildman–Crippen LogP) is 6.41. The number of rotatable bonds is 6. The quantitative estimate of drug-likeness (QED) is 0.217. The summed E-state index contributed by atoms with van der Waals surface area (Å²) in [4.78, 5) is 37.0. The molecular formula is C22H14Cl2N2O6S. The number of furan rings is 1. The van der Waals surface area contributed by atoms with E-state index in [2.05, 4.69) is 0 Å². The molecule has 3 aromatic rings. The summed E-state index contributed by atoms with van der Waals surface area (Å²) in [5, 5.41) is 11.4. The van der Waals surface area contributed by atoms with Crippen molar-refractivity contribution < 1.29 is 23.7 Å². The van der Waals surface area contributed by atoms with Crippen molar-refractivity contribution in [1.29, 1.82) is 0 Å². The number of methoxy groups -OCH3 is 1. The Bertz CT molecular complexity index is 1320. The van der Waals surface area contributed by atoms with Gasteiger partial charge in [0.1, 0.15) is 17.3 Å². The predicted molar refractivity (Wildman–Crippen MR) is 125 cm³/mol. The highest BCUT2D eigenvalue weighted by Crippen LogP contribution is 2.37. The molecular weight excluding hydrogens is 491 g/mol. The first kappa shape index (κ1) is 22.9. The van der Waals surface area contributed by atoms with Gasteiger partial charge in [-0.3, -0.25) is 24.6 Å². The number of thioether (sulfide) groups is 1. The maximum atomic E-state index is 12.8. The molecule has 8 nitrogen and oxygen atoms in total. The van der Waals surface area contributed by atoms with E-state index in [1.165, 1.54) is 31.4 Å². The van der Waals surface area contributed by atoms with Gasteiger partial charge in [-0.1, -0.05) is 29.3 Å². The second-order valence-corrected chi connectivity index (χ2v) is 8.68. The van der Waals surface area contributed by atoms with E-state index in [-0.39, 0.29) is 22.9 Å². The molecule has 0 aliphatic carbocycles. The van der Waals surface area contributed by atoms with Crippen LogP contribution in [0.4, 0.5) is 10.5 Å². The highest BCUT2D eigenvalue weighted by molar-refractivity contribution is 8.18. The largest absolute Gasteiger partial charge is 0.496 e. The zero-order valence-electron chi connectivity index (χ0n) is 16.9. The first-order valence-electron chi connectivity index (χ1n) is 9.38. The van der Waals surface area contributed by atoms with Crippen LogP contribution in [0.5, 0.6) is 5.75 Å². The van der Waals surface area contributed by atoms with Crippen LogP contribution in [-0.2, 0) is 11.3 Å². The van der Waals surface area contributed by atoms with Crippen LogP contribution in [0.3, 0.4) is 0 Å². The highest BCUT2D eigenvalue weighted by atomic mass is 35.5. The van der Waals surface area contributed by atoms with Gasteiger partial charge in [-0.15, -0.1) is 0 Å². The second kappa shape index (κ2) is 9.30. The minimum Gasteiger partial charge on any atom is -0.496 e. The van der Waals surface area contributed by atoms with Gasteiger partial charge in [-0.2, -0.15) is 0 Å². The zero-order valence-corrected chi connectivity index (χ0v) is 19.2. The number of hydrogen-bond donors (Lipinski definition) is 0. The molecule has 0 saturated carbocycles. The molecule has 0 unspecified atom stereocenters. The molecule has 0 atom stereocenters. The summed E-state index contributed by atoms with van der Waals surface area (Å²) in [5.74, 6) is 0.521. The first-order valence-corrected chi connectivity index (χ1v) is 11.0. The highest BCUT2D eigenvalue weighted by Gasteiger charge is 2.35. The van der Waals surface area contributed by atoms with E-state index < -0.39 is 16.1 Å². The normalized spacial score (nSPS) is 14.9. The van der Waals surface area contributed by atoms with Gasteiger partial charge in [0.05, 0.1) is 35.1 Å².